The third kappa shape index (κ3) is 2.55. The van der Waals surface area contributed by atoms with Gasteiger partial charge in [-0.3, -0.25) is 0 Å². The van der Waals surface area contributed by atoms with Crippen molar-refractivity contribution in [3.63, 3.8) is 0 Å². The van der Waals surface area contributed by atoms with Gasteiger partial charge in [-0.15, -0.1) is 23.1 Å². The number of hydrogen-bond acceptors (Lipinski definition) is 4. The second-order valence-corrected chi connectivity index (χ2v) is 6.84. The maximum atomic E-state index is 5.60. The smallest absolute Gasteiger partial charge is 0.158 e. The fourth-order valence-corrected chi connectivity index (χ4v) is 4.11. The normalized spacial score (nSPS) is 18.2. The number of aryl methyl sites for hydroxylation is 1. The summed E-state index contributed by atoms with van der Waals surface area (Å²) in [6.45, 7) is 2.14. The van der Waals surface area contributed by atoms with E-state index in [1.165, 1.54) is 20.2 Å². The molecular weight excluding hydrogens is 274 g/mol. The van der Waals surface area contributed by atoms with E-state index in [2.05, 4.69) is 36.5 Å². The molecule has 1 aromatic carbocycles. The van der Waals surface area contributed by atoms with E-state index >= 15 is 0 Å². The number of benzene rings is 1. The number of thiophene rings is 1. The molecule has 0 amide bonds. The molecule has 0 unspecified atom stereocenters. The molecule has 1 aliphatic rings. The summed E-state index contributed by atoms with van der Waals surface area (Å²) in [5.74, 6) is 0. The monoisotopic (exact) mass is 289 g/mol. The van der Waals surface area contributed by atoms with Gasteiger partial charge in [-0.1, -0.05) is 35.5 Å². The van der Waals surface area contributed by atoms with Crippen molar-refractivity contribution in [3.8, 4) is 0 Å². The van der Waals surface area contributed by atoms with Crippen LogP contribution >= 0.6 is 23.1 Å². The summed E-state index contributed by atoms with van der Waals surface area (Å²) in [5.41, 5.74) is 3.51. The molecule has 0 N–H and O–H groups in total. The molecule has 2 aromatic rings. The summed E-state index contributed by atoms with van der Waals surface area (Å²) in [6, 6.07) is 12.5. The highest BCUT2D eigenvalue weighted by atomic mass is 32.2. The molecule has 0 bridgehead atoms. The van der Waals surface area contributed by atoms with Crippen LogP contribution in [0.3, 0.4) is 0 Å². The van der Waals surface area contributed by atoms with Crippen LogP contribution < -0.4 is 0 Å². The van der Waals surface area contributed by atoms with Gasteiger partial charge in [-0.2, -0.15) is 0 Å². The first kappa shape index (κ1) is 12.8. The Labute approximate surface area is 121 Å². The Kier molecular flexibility index (Phi) is 3.62. The van der Waals surface area contributed by atoms with Crippen molar-refractivity contribution in [2.24, 2.45) is 5.16 Å². The minimum absolute atomic E-state index is 0.0612. The van der Waals surface area contributed by atoms with Crippen LogP contribution in [-0.2, 0) is 4.84 Å². The van der Waals surface area contributed by atoms with Crippen LogP contribution in [0.5, 0.6) is 0 Å². The van der Waals surface area contributed by atoms with Gasteiger partial charge >= 0.3 is 0 Å². The third-order valence-corrected chi connectivity index (χ3v) is 5.34. The lowest BCUT2D eigenvalue weighted by Gasteiger charge is -2.07. The van der Waals surface area contributed by atoms with Crippen LogP contribution in [0, 0.1) is 6.92 Å². The van der Waals surface area contributed by atoms with E-state index in [9.17, 15) is 0 Å². The lowest BCUT2D eigenvalue weighted by atomic mass is 10.0. The first-order chi connectivity index (χ1) is 9.28. The summed E-state index contributed by atoms with van der Waals surface area (Å²) in [6.07, 6.45) is 3.03. The van der Waals surface area contributed by atoms with E-state index in [4.69, 9.17) is 4.84 Å². The van der Waals surface area contributed by atoms with E-state index in [0.717, 1.165) is 12.1 Å². The molecule has 1 aliphatic heterocycles. The number of thioether (sulfide) groups is 1. The molecule has 4 heteroatoms. The summed E-state index contributed by atoms with van der Waals surface area (Å²) in [7, 11) is 0. The zero-order chi connectivity index (χ0) is 13.2. The first-order valence-electron chi connectivity index (χ1n) is 6.20. The predicted octanol–water partition coefficient (Wildman–Crippen LogP) is 4.64. The van der Waals surface area contributed by atoms with Crippen LogP contribution in [0.25, 0.3) is 0 Å². The first-order valence-corrected chi connectivity index (χ1v) is 8.24. The molecule has 0 spiro atoms. The largest absolute Gasteiger partial charge is 0.387 e. The van der Waals surface area contributed by atoms with E-state index < -0.39 is 0 Å². The van der Waals surface area contributed by atoms with Gasteiger partial charge in [-0.05, 0) is 24.8 Å². The maximum Gasteiger partial charge on any atom is 0.158 e. The van der Waals surface area contributed by atoms with Crippen molar-refractivity contribution in [2.45, 2.75) is 23.7 Å². The molecule has 2 heterocycles. The Morgan fingerprint density at radius 3 is 2.84 bits per heavy atom. The van der Waals surface area contributed by atoms with E-state index in [-0.39, 0.29) is 6.10 Å². The molecule has 19 heavy (non-hydrogen) atoms. The Morgan fingerprint density at radius 2 is 2.11 bits per heavy atom. The van der Waals surface area contributed by atoms with Gasteiger partial charge in [0.05, 0.1) is 9.92 Å². The summed E-state index contributed by atoms with van der Waals surface area (Å²) >= 11 is 3.61. The molecule has 0 radical (unpaired) electrons. The molecule has 1 atom stereocenters. The van der Waals surface area contributed by atoms with E-state index in [1.807, 2.05) is 29.5 Å². The van der Waals surface area contributed by atoms with Crippen molar-refractivity contribution in [1.29, 1.82) is 0 Å². The fourth-order valence-electron chi connectivity index (χ4n) is 2.23. The summed E-state index contributed by atoms with van der Waals surface area (Å²) < 4.78 is 1.33. The molecule has 2 nitrogen and oxygen atoms in total. The van der Waals surface area contributed by atoms with Crippen molar-refractivity contribution >= 4 is 28.8 Å². The number of rotatable bonds is 3. The van der Waals surface area contributed by atoms with Crippen molar-refractivity contribution in [2.75, 3.05) is 6.26 Å². The average molecular weight is 289 g/mol. The molecule has 3 rings (SSSR count). The molecule has 0 aliphatic carbocycles. The van der Waals surface area contributed by atoms with Crippen LogP contribution in [0.4, 0.5) is 0 Å². The van der Waals surface area contributed by atoms with Gasteiger partial charge in [-0.25, -0.2) is 0 Å². The molecule has 0 saturated carbocycles. The van der Waals surface area contributed by atoms with Crippen molar-refractivity contribution in [1.82, 2.24) is 0 Å². The van der Waals surface area contributed by atoms with Crippen LogP contribution in [-0.4, -0.2) is 12.0 Å². The third-order valence-electron chi connectivity index (χ3n) is 3.16. The van der Waals surface area contributed by atoms with Crippen molar-refractivity contribution < 1.29 is 4.84 Å². The summed E-state index contributed by atoms with van der Waals surface area (Å²) in [4.78, 5) is 6.92. The second-order valence-electron chi connectivity index (χ2n) is 4.51. The molecule has 0 fully saturated rings. The van der Waals surface area contributed by atoms with Gasteiger partial charge in [0.2, 0.25) is 0 Å². The van der Waals surface area contributed by atoms with Gasteiger partial charge in [0.25, 0.3) is 0 Å². The zero-order valence-corrected chi connectivity index (χ0v) is 12.6. The van der Waals surface area contributed by atoms with Crippen molar-refractivity contribution in [3.05, 3.63) is 52.4 Å². The molecule has 98 valence electrons. The maximum absolute atomic E-state index is 5.60. The lowest BCUT2D eigenvalue weighted by Crippen LogP contribution is -2.01. The van der Waals surface area contributed by atoms with Crippen LogP contribution in [0.1, 0.15) is 28.5 Å². The Balaban J connectivity index is 1.82. The molecule has 0 saturated heterocycles. The Hall–Kier alpha value is -1.26. The van der Waals surface area contributed by atoms with Crippen LogP contribution in [0.2, 0.25) is 0 Å². The predicted molar refractivity (Wildman–Crippen MR) is 82.3 cm³/mol. The Morgan fingerprint density at radius 1 is 1.32 bits per heavy atom. The second kappa shape index (κ2) is 5.39. The quantitative estimate of drug-likeness (QED) is 0.767. The average Bonchev–Trinajstić information content (AvgIpc) is 3.05. The Bertz CT molecular complexity index is 604. The minimum Gasteiger partial charge on any atom is -0.387 e. The highest BCUT2D eigenvalue weighted by Gasteiger charge is 2.25. The van der Waals surface area contributed by atoms with Gasteiger partial charge in [0, 0.05) is 16.9 Å². The number of nitrogens with zero attached hydrogens (tertiary/aromatic N) is 1. The molecule has 1 aromatic heterocycles. The standard InChI is InChI=1S/C15H15NOS2/c1-10-8-12(15(18-2)19-10)13-9-14(17-16-13)11-6-4-3-5-7-11/h3-8,14H,9H2,1-2H3/t14-/m1/s1. The van der Waals surface area contributed by atoms with Crippen LogP contribution in [0.15, 0.2) is 45.8 Å². The van der Waals surface area contributed by atoms with E-state index in [1.54, 1.807) is 11.8 Å². The topological polar surface area (TPSA) is 21.6 Å². The minimum atomic E-state index is 0.0612. The van der Waals surface area contributed by atoms with Gasteiger partial charge in [0.15, 0.2) is 6.10 Å². The number of hydrogen-bond donors (Lipinski definition) is 0. The zero-order valence-electron chi connectivity index (χ0n) is 10.9. The van der Waals surface area contributed by atoms with Gasteiger partial charge in [0.1, 0.15) is 0 Å². The highest BCUT2D eigenvalue weighted by molar-refractivity contribution is 8.00. The number of oxime groups is 1. The van der Waals surface area contributed by atoms with E-state index in [0.29, 0.717) is 0 Å². The highest BCUT2D eigenvalue weighted by Crippen LogP contribution is 2.36. The summed E-state index contributed by atoms with van der Waals surface area (Å²) in [5, 5.41) is 4.30. The molecular formula is C15H15NOS2. The SMILES string of the molecule is CSc1sc(C)cc1C1=NO[C@@H](c2ccccc2)C1. The van der Waals surface area contributed by atoms with Gasteiger partial charge < -0.3 is 4.84 Å². The fraction of sp³-hybridized carbons (Fsp3) is 0.267. The lowest BCUT2D eigenvalue weighted by molar-refractivity contribution is 0.0857.